The van der Waals surface area contributed by atoms with Gasteiger partial charge in [-0.05, 0) is 47.2 Å². The van der Waals surface area contributed by atoms with Crippen LogP contribution in [0.1, 0.15) is 11.1 Å². The molecule has 2 aromatic carbocycles. The first-order valence-corrected chi connectivity index (χ1v) is 9.68. The van der Waals surface area contributed by atoms with Crippen molar-refractivity contribution in [1.29, 1.82) is 0 Å². The van der Waals surface area contributed by atoms with E-state index < -0.39 is 0 Å². The van der Waals surface area contributed by atoms with Crippen LogP contribution < -0.4 is 5.32 Å². The standard InChI is InChI=1S/C19H14Cl2N4OS/c1-22-18-16(27-19(26)23-18)8-11-5-6-15-13(7-11)10-25(24-15)9-12-3-2-4-14(20)17(12)21/h2-8,10H,9H2,1H3,(H,22,23,26)/b16-8-. The summed E-state index contributed by atoms with van der Waals surface area (Å²) in [6.07, 6.45) is 3.91. The van der Waals surface area contributed by atoms with Gasteiger partial charge >= 0.3 is 0 Å². The number of halogens is 2. The maximum atomic E-state index is 11.6. The smallest absolute Gasteiger partial charge is 0.289 e. The minimum absolute atomic E-state index is 0.117. The highest BCUT2D eigenvalue weighted by Crippen LogP contribution is 2.28. The number of fused-ring (bicyclic) bond motifs is 1. The van der Waals surface area contributed by atoms with Gasteiger partial charge < -0.3 is 5.32 Å². The Hall–Kier alpha value is -2.28. The molecule has 1 N–H and O–H groups in total. The average molecular weight is 417 g/mol. The van der Waals surface area contributed by atoms with Crippen molar-refractivity contribution < 1.29 is 4.79 Å². The van der Waals surface area contributed by atoms with Crippen LogP contribution in [0.15, 0.2) is 52.5 Å². The zero-order valence-corrected chi connectivity index (χ0v) is 16.6. The van der Waals surface area contributed by atoms with E-state index in [1.54, 1.807) is 13.1 Å². The first kappa shape index (κ1) is 18.1. The molecule has 1 fully saturated rings. The lowest BCUT2D eigenvalue weighted by Crippen LogP contribution is -2.18. The molecular weight excluding hydrogens is 403 g/mol. The Labute approximate surface area is 170 Å². The lowest BCUT2D eigenvalue weighted by Gasteiger charge is -2.05. The Morgan fingerprint density at radius 2 is 2.15 bits per heavy atom. The number of benzene rings is 2. The topological polar surface area (TPSA) is 59.3 Å². The molecule has 27 heavy (non-hydrogen) atoms. The third kappa shape index (κ3) is 3.74. The van der Waals surface area contributed by atoms with E-state index in [9.17, 15) is 4.79 Å². The third-order valence-corrected chi connectivity index (χ3v) is 5.79. The summed E-state index contributed by atoms with van der Waals surface area (Å²) in [4.78, 5) is 16.5. The molecule has 0 atom stereocenters. The molecule has 0 radical (unpaired) electrons. The largest absolute Gasteiger partial charge is 0.300 e. The van der Waals surface area contributed by atoms with Crippen LogP contribution in [0.4, 0.5) is 4.79 Å². The molecule has 136 valence electrons. The molecule has 1 amide bonds. The van der Waals surface area contributed by atoms with Crippen LogP contribution in [-0.4, -0.2) is 27.9 Å². The van der Waals surface area contributed by atoms with Crippen molar-refractivity contribution in [1.82, 2.24) is 15.1 Å². The summed E-state index contributed by atoms with van der Waals surface area (Å²) in [5.74, 6) is 0.594. The second-order valence-electron chi connectivity index (χ2n) is 5.95. The predicted molar refractivity (Wildman–Crippen MR) is 113 cm³/mol. The molecule has 1 aliphatic rings. The second kappa shape index (κ2) is 7.38. The van der Waals surface area contributed by atoms with E-state index in [1.807, 2.05) is 47.3 Å². The lowest BCUT2D eigenvalue weighted by atomic mass is 10.1. The first-order valence-electron chi connectivity index (χ1n) is 8.11. The summed E-state index contributed by atoms with van der Waals surface area (Å²) < 4.78 is 1.84. The zero-order valence-electron chi connectivity index (χ0n) is 14.2. The number of nitrogens with zero attached hydrogens (tertiary/aromatic N) is 3. The van der Waals surface area contributed by atoms with E-state index in [1.165, 1.54) is 0 Å². The van der Waals surface area contributed by atoms with E-state index >= 15 is 0 Å². The fourth-order valence-corrected chi connectivity index (χ4v) is 4.02. The van der Waals surface area contributed by atoms with E-state index in [-0.39, 0.29) is 5.24 Å². The maximum absolute atomic E-state index is 11.6. The van der Waals surface area contributed by atoms with Gasteiger partial charge in [-0.3, -0.25) is 14.5 Å². The number of aliphatic imine (C=N–C) groups is 1. The summed E-state index contributed by atoms with van der Waals surface area (Å²) in [5.41, 5.74) is 2.77. The van der Waals surface area contributed by atoms with Crippen molar-refractivity contribution in [2.24, 2.45) is 4.99 Å². The number of carbonyl (C=O) groups is 1. The van der Waals surface area contributed by atoms with Gasteiger partial charge in [0.05, 0.1) is 27.0 Å². The zero-order chi connectivity index (χ0) is 19.0. The fraction of sp³-hybridized carbons (Fsp3) is 0.105. The molecule has 0 saturated carbocycles. The Kier molecular flexibility index (Phi) is 4.95. The number of thioether (sulfide) groups is 1. The van der Waals surface area contributed by atoms with Gasteiger partial charge in [-0.15, -0.1) is 0 Å². The van der Waals surface area contributed by atoms with Gasteiger partial charge in [0.1, 0.15) is 5.84 Å². The second-order valence-corrected chi connectivity index (χ2v) is 7.75. The fourth-order valence-electron chi connectivity index (χ4n) is 2.86. The minimum Gasteiger partial charge on any atom is -0.300 e. The third-order valence-electron chi connectivity index (χ3n) is 4.12. The number of amidine groups is 1. The van der Waals surface area contributed by atoms with Crippen molar-refractivity contribution >= 4 is 63.0 Å². The van der Waals surface area contributed by atoms with Crippen LogP contribution in [0.3, 0.4) is 0 Å². The summed E-state index contributed by atoms with van der Waals surface area (Å²) in [6.45, 7) is 0.533. The Morgan fingerprint density at radius 1 is 1.30 bits per heavy atom. The van der Waals surface area contributed by atoms with Crippen LogP contribution in [-0.2, 0) is 6.54 Å². The molecule has 0 unspecified atom stereocenters. The van der Waals surface area contributed by atoms with Crippen molar-refractivity contribution in [3.05, 3.63) is 68.7 Å². The number of hydrogen-bond donors (Lipinski definition) is 1. The Bertz CT molecular complexity index is 1120. The van der Waals surface area contributed by atoms with Crippen molar-refractivity contribution in [3.8, 4) is 0 Å². The molecule has 0 spiro atoms. The van der Waals surface area contributed by atoms with E-state index in [2.05, 4.69) is 15.4 Å². The van der Waals surface area contributed by atoms with E-state index in [4.69, 9.17) is 23.2 Å². The predicted octanol–water partition coefficient (Wildman–Crippen LogP) is 5.22. The number of hydrogen-bond acceptors (Lipinski definition) is 4. The van der Waals surface area contributed by atoms with Crippen molar-refractivity contribution in [3.63, 3.8) is 0 Å². The van der Waals surface area contributed by atoms with Crippen LogP contribution >= 0.6 is 35.0 Å². The molecule has 1 aromatic heterocycles. The molecule has 0 aliphatic carbocycles. The molecule has 1 aliphatic heterocycles. The first-order chi connectivity index (χ1) is 13.0. The summed E-state index contributed by atoms with van der Waals surface area (Å²) in [7, 11) is 1.66. The van der Waals surface area contributed by atoms with Gasteiger partial charge in [0.15, 0.2) is 0 Å². The maximum Gasteiger partial charge on any atom is 0.289 e. The van der Waals surface area contributed by atoms with Gasteiger partial charge in [-0.2, -0.15) is 5.10 Å². The van der Waals surface area contributed by atoms with Crippen LogP contribution in [0.2, 0.25) is 10.0 Å². The number of rotatable bonds is 3. The summed E-state index contributed by atoms with van der Waals surface area (Å²) in [6, 6.07) is 11.5. The van der Waals surface area contributed by atoms with Crippen molar-refractivity contribution in [2.45, 2.75) is 6.54 Å². The highest BCUT2D eigenvalue weighted by molar-refractivity contribution is 8.18. The number of amides is 1. The Morgan fingerprint density at radius 3 is 2.96 bits per heavy atom. The molecule has 5 nitrogen and oxygen atoms in total. The number of carbonyl (C=O) groups excluding carboxylic acids is 1. The van der Waals surface area contributed by atoms with Gasteiger partial charge in [0.25, 0.3) is 5.24 Å². The van der Waals surface area contributed by atoms with E-state index in [0.717, 1.165) is 38.7 Å². The summed E-state index contributed by atoms with van der Waals surface area (Å²) in [5, 5.41) is 9.28. The number of aromatic nitrogens is 2. The van der Waals surface area contributed by atoms with Crippen LogP contribution in [0.25, 0.3) is 17.0 Å². The van der Waals surface area contributed by atoms with Crippen molar-refractivity contribution in [2.75, 3.05) is 7.05 Å². The molecular formula is C19H14Cl2N4OS. The van der Waals surface area contributed by atoms with Gasteiger partial charge in [0, 0.05) is 18.6 Å². The molecule has 8 heteroatoms. The molecule has 4 rings (SSSR count). The monoisotopic (exact) mass is 416 g/mol. The summed E-state index contributed by atoms with van der Waals surface area (Å²) >= 11 is 13.5. The molecule has 3 aromatic rings. The van der Waals surface area contributed by atoms with Crippen LogP contribution in [0.5, 0.6) is 0 Å². The van der Waals surface area contributed by atoms with Crippen LogP contribution in [0, 0.1) is 0 Å². The van der Waals surface area contributed by atoms with Gasteiger partial charge in [0.2, 0.25) is 0 Å². The lowest BCUT2D eigenvalue weighted by molar-refractivity contribution is 0.265. The SMILES string of the molecule is CN=C1NC(=O)S/C1=C\c1ccc2nn(Cc3cccc(Cl)c3Cl)cc2c1. The molecule has 1 saturated heterocycles. The Balaban J connectivity index is 1.64. The molecule has 0 bridgehead atoms. The van der Waals surface area contributed by atoms with Gasteiger partial charge in [-0.1, -0.05) is 41.4 Å². The molecule has 2 heterocycles. The highest BCUT2D eigenvalue weighted by atomic mass is 35.5. The normalized spacial score (nSPS) is 17.2. The number of nitrogens with one attached hydrogen (secondary N) is 1. The minimum atomic E-state index is -0.117. The van der Waals surface area contributed by atoms with E-state index in [0.29, 0.717) is 22.4 Å². The average Bonchev–Trinajstić information content (AvgIpc) is 3.20. The van der Waals surface area contributed by atoms with Gasteiger partial charge in [-0.25, -0.2) is 0 Å². The quantitative estimate of drug-likeness (QED) is 0.636. The highest BCUT2D eigenvalue weighted by Gasteiger charge is 2.22.